The van der Waals surface area contributed by atoms with Crippen molar-refractivity contribution in [3.8, 4) is 11.5 Å². The first-order chi connectivity index (χ1) is 14.9. The number of pyridine rings is 1. The topological polar surface area (TPSA) is 94.6 Å². The first-order valence-electron chi connectivity index (χ1n) is 9.57. The zero-order valence-electron chi connectivity index (χ0n) is 17.5. The van der Waals surface area contributed by atoms with Crippen LogP contribution in [0.25, 0.3) is 0 Å². The maximum absolute atomic E-state index is 13.4. The highest BCUT2D eigenvalue weighted by Crippen LogP contribution is 2.29. The van der Waals surface area contributed by atoms with Gasteiger partial charge in [-0.3, -0.25) is 9.78 Å². The lowest BCUT2D eigenvalue weighted by Gasteiger charge is -2.19. The van der Waals surface area contributed by atoms with Gasteiger partial charge in [0.25, 0.3) is 5.91 Å². The molecule has 8 heteroatoms. The lowest BCUT2D eigenvalue weighted by atomic mass is 10.1. The zero-order valence-corrected chi connectivity index (χ0v) is 18.3. The molecule has 0 saturated heterocycles. The number of carbonyl (C=O) groups is 1. The summed E-state index contributed by atoms with van der Waals surface area (Å²) in [7, 11) is -0.787. The van der Waals surface area contributed by atoms with E-state index in [1.165, 1.54) is 20.4 Å². The van der Waals surface area contributed by atoms with E-state index >= 15 is 0 Å². The number of benzene rings is 2. The van der Waals surface area contributed by atoms with Crippen LogP contribution < -0.4 is 14.8 Å². The molecule has 3 rings (SSSR count). The quantitative estimate of drug-likeness (QED) is 0.577. The summed E-state index contributed by atoms with van der Waals surface area (Å²) in [5.41, 5.74) is 1.78. The number of methoxy groups -OCH3 is 2. The monoisotopic (exact) mass is 440 g/mol. The summed E-state index contributed by atoms with van der Waals surface area (Å²) in [6, 6.07) is 14.7. The minimum absolute atomic E-state index is 0.116. The van der Waals surface area contributed by atoms with Gasteiger partial charge >= 0.3 is 0 Å². The molecule has 0 spiro atoms. The standard InChI is InChI=1S/C23H24N2O5S/c1-16-6-9-19(10-7-16)31(27,28)22(18-5-4-12-24-14-18)15-25-23(26)17-8-11-20(29-2)21(13-17)30-3/h4-14,22H,15H2,1-3H3,(H,25,26)/t22-/m0/s1. The molecule has 0 aliphatic carbocycles. The van der Waals surface area contributed by atoms with Crippen LogP contribution in [0.1, 0.15) is 26.7 Å². The minimum Gasteiger partial charge on any atom is -0.493 e. The summed E-state index contributed by atoms with van der Waals surface area (Å²) in [6.07, 6.45) is 3.07. The summed E-state index contributed by atoms with van der Waals surface area (Å²) in [4.78, 5) is 17.0. The van der Waals surface area contributed by atoms with Crippen LogP contribution in [0.3, 0.4) is 0 Å². The SMILES string of the molecule is COc1ccc(C(=O)NC[C@@H](c2cccnc2)S(=O)(=O)c2ccc(C)cc2)cc1OC. The average Bonchev–Trinajstić information content (AvgIpc) is 2.79. The number of hydrogen-bond acceptors (Lipinski definition) is 6. The van der Waals surface area contributed by atoms with Crippen LogP contribution in [-0.2, 0) is 9.84 Å². The number of amides is 1. The van der Waals surface area contributed by atoms with Crippen LogP contribution in [0.4, 0.5) is 0 Å². The third-order valence-electron chi connectivity index (χ3n) is 4.87. The largest absolute Gasteiger partial charge is 0.493 e. The number of aryl methyl sites for hydroxylation is 1. The van der Waals surface area contributed by atoms with Crippen LogP contribution in [0, 0.1) is 6.92 Å². The Labute approximate surface area is 182 Å². The number of ether oxygens (including phenoxy) is 2. The molecule has 0 aliphatic rings. The van der Waals surface area contributed by atoms with E-state index in [-0.39, 0.29) is 11.4 Å². The molecule has 3 aromatic rings. The Kier molecular flexibility index (Phi) is 6.91. The van der Waals surface area contributed by atoms with Gasteiger partial charge in [-0.25, -0.2) is 8.42 Å². The number of rotatable bonds is 8. The molecule has 1 aromatic heterocycles. The highest BCUT2D eigenvalue weighted by Gasteiger charge is 2.30. The van der Waals surface area contributed by atoms with Crippen molar-refractivity contribution in [1.82, 2.24) is 10.3 Å². The summed E-state index contributed by atoms with van der Waals surface area (Å²) in [5.74, 6) is 0.481. The first kappa shape index (κ1) is 22.3. The second-order valence-corrected chi connectivity index (χ2v) is 9.04. The molecule has 0 saturated carbocycles. The fraction of sp³-hybridized carbons (Fsp3) is 0.217. The fourth-order valence-electron chi connectivity index (χ4n) is 3.13. The summed E-state index contributed by atoms with van der Waals surface area (Å²) < 4.78 is 37.1. The number of nitrogens with one attached hydrogen (secondary N) is 1. The molecule has 0 radical (unpaired) electrons. The van der Waals surface area contributed by atoms with Gasteiger partial charge in [0.2, 0.25) is 0 Å². The van der Waals surface area contributed by atoms with Crippen molar-refractivity contribution < 1.29 is 22.7 Å². The molecule has 0 aliphatic heterocycles. The number of carbonyl (C=O) groups excluding carboxylic acids is 1. The van der Waals surface area contributed by atoms with Gasteiger partial charge in [-0.1, -0.05) is 23.8 Å². The number of hydrogen-bond donors (Lipinski definition) is 1. The highest BCUT2D eigenvalue weighted by atomic mass is 32.2. The van der Waals surface area contributed by atoms with E-state index in [1.54, 1.807) is 60.8 Å². The minimum atomic E-state index is -3.77. The van der Waals surface area contributed by atoms with E-state index in [0.717, 1.165) is 5.56 Å². The lowest BCUT2D eigenvalue weighted by Crippen LogP contribution is -2.32. The van der Waals surface area contributed by atoms with Crippen molar-refractivity contribution in [2.45, 2.75) is 17.1 Å². The second-order valence-electron chi connectivity index (χ2n) is 6.91. The van der Waals surface area contributed by atoms with E-state index in [0.29, 0.717) is 22.6 Å². The smallest absolute Gasteiger partial charge is 0.251 e. The molecule has 0 unspecified atom stereocenters. The van der Waals surface area contributed by atoms with Gasteiger partial charge in [0.15, 0.2) is 21.3 Å². The molecule has 0 fully saturated rings. The lowest BCUT2D eigenvalue weighted by molar-refractivity contribution is 0.0953. The van der Waals surface area contributed by atoms with Crippen LogP contribution in [0.15, 0.2) is 71.9 Å². The Morgan fingerprint density at radius 3 is 2.35 bits per heavy atom. The molecule has 1 N–H and O–H groups in total. The number of sulfone groups is 1. The van der Waals surface area contributed by atoms with Crippen molar-refractivity contribution in [2.75, 3.05) is 20.8 Å². The molecule has 1 atom stereocenters. The van der Waals surface area contributed by atoms with Gasteiger partial charge in [0.05, 0.1) is 19.1 Å². The molecule has 1 amide bonds. The van der Waals surface area contributed by atoms with Crippen LogP contribution in [0.2, 0.25) is 0 Å². The summed E-state index contributed by atoms with van der Waals surface area (Å²) in [5, 5.41) is 1.74. The Morgan fingerprint density at radius 1 is 1.03 bits per heavy atom. The van der Waals surface area contributed by atoms with Gasteiger partial charge < -0.3 is 14.8 Å². The van der Waals surface area contributed by atoms with Crippen LogP contribution in [-0.4, -0.2) is 40.1 Å². The van der Waals surface area contributed by atoms with E-state index in [9.17, 15) is 13.2 Å². The number of aromatic nitrogens is 1. The molecular weight excluding hydrogens is 416 g/mol. The van der Waals surface area contributed by atoms with Crippen LogP contribution >= 0.6 is 0 Å². The predicted octanol–water partition coefficient (Wildman–Crippen LogP) is 3.35. The van der Waals surface area contributed by atoms with Crippen molar-refractivity contribution >= 4 is 15.7 Å². The highest BCUT2D eigenvalue weighted by molar-refractivity contribution is 7.91. The molecule has 31 heavy (non-hydrogen) atoms. The predicted molar refractivity (Wildman–Crippen MR) is 117 cm³/mol. The average molecular weight is 441 g/mol. The van der Waals surface area contributed by atoms with E-state index in [2.05, 4.69) is 10.3 Å². The van der Waals surface area contributed by atoms with Crippen molar-refractivity contribution in [2.24, 2.45) is 0 Å². The molecule has 162 valence electrons. The van der Waals surface area contributed by atoms with Crippen molar-refractivity contribution in [3.63, 3.8) is 0 Å². The maximum Gasteiger partial charge on any atom is 0.251 e. The molecule has 2 aromatic carbocycles. The Bertz CT molecular complexity index is 1150. The molecule has 1 heterocycles. The Balaban J connectivity index is 1.88. The van der Waals surface area contributed by atoms with Gasteiger partial charge in [0, 0.05) is 24.5 Å². The second kappa shape index (κ2) is 9.61. The normalized spacial score (nSPS) is 12.1. The van der Waals surface area contributed by atoms with Gasteiger partial charge in [0.1, 0.15) is 5.25 Å². The summed E-state index contributed by atoms with van der Waals surface area (Å²) in [6.45, 7) is 1.77. The van der Waals surface area contributed by atoms with E-state index in [1.807, 2.05) is 6.92 Å². The Hall–Kier alpha value is -3.39. The first-order valence-corrected chi connectivity index (χ1v) is 11.1. The maximum atomic E-state index is 13.4. The third-order valence-corrected chi connectivity index (χ3v) is 6.99. The van der Waals surface area contributed by atoms with Gasteiger partial charge in [-0.15, -0.1) is 0 Å². The van der Waals surface area contributed by atoms with E-state index in [4.69, 9.17) is 9.47 Å². The fourth-order valence-corrected chi connectivity index (χ4v) is 4.77. The molecular formula is C23H24N2O5S. The number of nitrogens with zero attached hydrogens (tertiary/aromatic N) is 1. The van der Waals surface area contributed by atoms with E-state index < -0.39 is 21.0 Å². The van der Waals surface area contributed by atoms with Gasteiger partial charge in [-0.05, 0) is 48.9 Å². The zero-order chi connectivity index (χ0) is 22.4. The summed E-state index contributed by atoms with van der Waals surface area (Å²) >= 11 is 0. The van der Waals surface area contributed by atoms with Crippen molar-refractivity contribution in [1.29, 1.82) is 0 Å². The van der Waals surface area contributed by atoms with Crippen LogP contribution in [0.5, 0.6) is 11.5 Å². The third kappa shape index (κ3) is 5.03. The molecule has 0 bridgehead atoms. The Morgan fingerprint density at radius 2 is 1.74 bits per heavy atom. The van der Waals surface area contributed by atoms with Crippen molar-refractivity contribution in [3.05, 3.63) is 83.7 Å². The molecule has 7 nitrogen and oxygen atoms in total. The van der Waals surface area contributed by atoms with Gasteiger partial charge in [-0.2, -0.15) is 0 Å².